The maximum absolute atomic E-state index is 12.6. The number of hydrogen-bond donors (Lipinski definition) is 1. The molecule has 0 spiro atoms. The maximum atomic E-state index is 12.6. The largest absolute Gasteiger partial charge is 0.269 e. The molecule has 142 valence electrons. The number of nitro benzene ring substituents is 1. The van der Waals surface area contributed by atoms with Crippen LogP contribution in [-0.4, -0.2) is 29.7 Å². The van der Waals surface area contributed by atoms with Crippen LogP contribution in [0.3, 0.4) is 0 Å². The number of aromatic nitrogens is 2. The van der Waals surface area contributed by atoms with Crippen LogP contribution in [0.2, 0.25) is 0 Å². The smallest absolute Gasteiger partial charge is 0.260 e. The Morgan fingerprint density at radius 3 is 2.48 bits per heavy atom. The van der Waals surface area contributed by atoms with Crippen molar-refractivity contribution >= 4 is 27.0 Å². The lowest BCUT2D eigenvalue weighted by molar-refractivity contribution is -0.384. The molecule has 0 radical (unpaired) electrons. The highest BCUT2D eigenvalue weighted by Gasteiger charge is 2.22. The number of thiophene rings is 1. The molecule has 1 N–H and O–H groups in total. The second-order valence-corrected chi connectivity index (χ2v) is 8.75. The van der Waals surface area contributed by atoms with Gasteiger partial charge in [0.25, 0.3) is 5.69 Å². The third kappa shape index (κ3) is 4.24. The van der Waals surface area contributed by atoms with Crippen molar-refractivity contribution in [1.29, 1.82) is 0 Å². The van der Waals surface area contributed by atoms with Gasteiger partial charge >= 0.3 is 0 Å². The maximum Gasteiger partial charge on any atom is 0.269 e. The van der Waals surface area contributed by atoms with E-state index < -0.39 is 14.9 Å². The predicted octanol–water partition coefficient (Wildman–Crippen LogP) is 3.04. The molecule has 1 aromatic carbocycles. The minimum Gasteiger partial charge on any atom is -0.260 e. The van der Waals surface area contributed by atoms with Crippen molar-refractivity contribution < 1.29 is 13.3 Å². The number of nitrogens with one attached hydrogen (secondary N) is 1. The van der Waals surface area contributed by atoms with Crippen LogP contribution in [0.1, 0.15) is 22.3 Å². The molecule has 10 heteroatoms. The molecule has 0 saturated carbocycles. The van der Waals surface area contributed by atoms with Crippen molar-refractivity contribution in [2.45, 2.75) is 24.8 Å². The average Bonchev–Trinajstić information content (AvgIpc) is 3.25. The van der Waals surface area contributed by atoms with Crippen molar-refractivity contribution in [3.8, 4) is 0 Å². The molecular weight excluding hydrogens is 388 g/mol. The molecular formula is C17H18N4O4S2. The summed E-state index contributed by atoms with van der Waals surface area (Å²) in [5, 5.41) is 17.1. The minimum atomic E-state index is -3.81. The quantitative estimate of drug-likeness (QED) is 0.479. The van der Waals surface area contributed by atoms with Crippen LogP contribution in [0.4, 0.5) is 5.69 Å². The summed E-state index contributed by atoms with van der Waals surface area (Å²) in [6.45, 7) is 3.92. The van der Waals surface area contributed by atoms with Crippen LogP contribution in [0.5, 0.6) is 0 Å². The lowest BCUT2D eigenvalue weighted by atomic mass is 10.2. The summed E-state index contributed by atoms with van der Waals surface area (Å²) in [7, 11) is -3.81. The topological polar surface area (TPSA) is 107 Å². The van der Waals surface area contributed by atoms with Crippen molar-refractivity contribution in [3.05, 3.63) is 74.2 Å². The normalized spacial score (nSPS) is 12.8. The number of sulfonamides is 1. The van der Waals surface area contributed by atoms with Crippen molar-refractivity contribution in [2.75, 3.05) is 6.54 Å². The Balaban J connectivity index is 1.84. The van der Waals surface area contributed by atoms with E-state index in [1.165, 1.54) is 35.6 Å². The molecule has 8 nitrogen and oxygen atoms in total. The van der Waals surface area contributed by atoms with E-state index in [9.17, 15) is 18.5 Å². The Bertz CT molecular complexity index is 1040. The van der Waals surface area contributed by atoms with E-state index in [0.717, 1.165) is 16.3 Å². The van der Waals surface area contributed by atoms with E-state index in [1.54, 1.807) is 4.68 Å². The van der Waals surface area contributed by atoms with Crippen molar-refractivity contribution in [3.63, 3.8) is 0 Å². The van der Waals surface area contributed by atoms with Gasteiger partial charge < -0.3 is 0 Å². The van der Waals surface area contributed by atoms with Gasteiger partial charge in [-0.05, 0) is 43.5 Å². The Kier molecular flexibility index (Phi) is 5.40. The van der Waals surface area contributed by atoms with Gasteiger partial charge in [0.15, 0.2) is 0 Å². The fraction of sp³-hybridized carbons (Fsp3) is 0.235. The molecule has 2 heterocycles. The van der Waals surface area contributed by atoms with Gasteiger partial charge in [0, 0.05) is 29.2 Å². The SMILES string of the molecule is Cc1cc(C)n(C(CNS(=O)(=O)c2ccc([N+](=O)[O-])cc2)c2cccs2)n1. The molecule has 3 aromatic rings. The fourth-order valence-electron chi connectivity index (χ4n) is 2.77. The predicted molar refractivity (Wildman–Crippen MR) is 102 cm³/mol. The van der Waals surface area contributed by atoms with Crippen molar-refractivity contribution in [1.82, 2.24) is 14.5 Å². The first-order valence-corrected chi connectivity index (χ1v) is 10.4. The second-order valence-electron chi connectivity index (χ2n) is 6.01. The van der Waals surface area contributed by atoms with E-state index in [2.05, 4.69) is 9.82 Å². The van der Waals surface area contributed by atoms with Crippen LogP contribution < -0.4 is 4.72 Å². The number of hydrogen-bond acceptors (Lipinski definition) is 6. The molecule has 1 atom stereocenters. The molecule has 0 aliphatic heterocycles. The lowest BCUT2D eigenvalue weighted by Gasteiger charge is -2.19. The van der Waals surface area contributed by atoms with Gasteiger partial charge in [0.1, 0.15) is 0 Å². The zero-order chi connectivity index (χ0) is 19.6. The van der Waals surface area contributed by atoms with E-state index in [1.807, 2.05) is 37.4 Å². The first-order chi connectivity index (χ1) is 12.8. The van der Waals surface area contributed by atoms with E-state index >= 15 is 0 Å². The third-order valence-corrected chi connectivity index (χ3v) is 6.45. The first kappa shape index (κ1) is 19.2. The highest BCUT2D eigenvalue weighted by atomic mass is 32.2. The van der Waals surface area contributed by atoms with Crippen LogP contribution in [0.15, 0.2) is 52.7 Å². The summed E-state index contributed by atoms with van der Waals surface area (Å²) in [4.78, 5) is 11.1. The van der Waals surface area contributed by atoms with Crippen LogP contribution in [0.25, 0.3) is 0 Å². The first-order valence-electron chi connectivity index (χ1n) is 8.08. The van der Waals surface area contributed by atoms with Gasteiger partial charge in [-0.15, -0.1) is 11.3 Å². The Morgan fingerprint density at radius 2 is 1.96 bits per heavy atom. The highest BCUT2D eigenvalue weighted by Crippen LogP contribution is 2.25. The van der Waals surface area contributed by atoms with Crippen molar-refractivity contribution in [2.24, 2.45) is 0 Å². The summed E-state index contributed by atoms with van der Waals surface area (Å²) < 4.78 is 29.6. The Labute approximate surface area is 160 Å². The molecule has 3 rings (SSSR count). The molecule has 0 aliphatic carbocycles. The summed E-state index contributed by atoms with van der Waals surface area (Å²) in [5.41, 5.74) is 1.63. The number of nitro groups is 1. The molecule has 0 aliphatic rings. The third-order valence-electron chi connectivity index (χ3n) is 4.04. The summed E-state index contributed by atoms with van der Waals surface area (Å²) >= 11 is 1.52. The lowest BCUT2D eigenvalue weighted by Crippen LogP contribution is -2.32. The number of non-ortho nitro benzene ring substituents is 1. The number of rotatable bonds is 7. The van der Waals surface area contributed by atoms with Crippen LogP contribution in [0, 0.1) is 24.0 Å². The minimum absolute atomic E-state index is 0.0219. The van der Waals surface area contributed by atoms with Gasteiger partial charge in [-0.3, -0.25) is 14.8 Å². The number of benzene rings is 1. The molecule has 0 saturated heterocycles. The standard InChI is InChI=1S/C17H18N4O4S2/c1-12-10-13(2)20(19-12)16(17-4-3-9-26-17)11-18-27(24,25)15-7-5-14(6-8-15)21(22)23/h3-10,16,18H,11H2,1-2H3. The molecule has 2 aromatic heterocycles. The monoisotopic (exact) mass is 406 g/mol. The highest BCUT2D eigenvalue weighted by molar-refractivity contribution is 7.89. The van der Waals surface area contributed by atoms with Crippen LogP contribution in [-0.2, 0) is 10.0 Å². The van der Waals surface area contributed by atoms with Gasteiger partial charge in [-0.1, -0.05) is 6.07 Å². The number of aryl methyl sites for hydroxylation is 2. The summed E-state index contributed by atoms with van der Waals surface area (Å²) in [5.74, 6) is 0. The molecule has 1 unspecified atom stereocenters. The van der Waals surface area contributed by atoms with Gasteiger partial charge in [-0.2, -0.15) is 5.10 Å². The van der Waals surface area contributed by atoms with Gasteiger partial charge in [0.2, 0.25) is 10.0 Å². The second kappa shape index (κ2) is 7.59. The molecule has 27 heavy (non-hydrogen) atoms. The molecule has 0 bridgehead atoms. The van der Waals surface area contributed by atoms with E-state index in [4.69, 9.17) is 0 Å². The zero-order valence-corrected chi connectivity index (χ0v) is 16.3. The molecule has 0 amide bonds. The Morgan fingerprint density at radius 1 is 1.26 bits per heavy atom. The zero-order valence-electron chi connectivity index (χ0n) is 14.7. The van der Waals surface area contributed by atoms with Crippen LogP contribution >= 0.6 is 11.3 Å². The van der Waals surface area contributed by atoms with E-state index in [0.29, 0.717) is 0 Å². The number of nitrogens with zero attached hydrogens (tertiary/aromatic N) is 3. The summed E-state index contributed by atoms with van der Waals surface area (Å²) in [6, 6.07) is 10.3. The summed E-state index contributed by atoms with van der Waals surface area (Å²) in [6.07, 6.45) is 0. The van der Waals surface area contributed by atoms with E-state index in [-0.39, 0.29) is 23.2 Å². The molecule has 0 fully saturated rings. The average molecular weight is 406 g/mol. The Hall–Kier alpha value is -2.56. The van der Waals surface area contributed by atoms with Gasteiger partial charge in [-0.25, -0.2) is 13.1 Å². The van der Waals surface area contributed by atoms with Gasteiger partial charge in [0.05, 0.1) is 21.6 Å². The fourth-order valence-corrected chi connectivity index (χ4v) is 4.62.